The highest BCUT2D eigenvalue weighted by molar-refractivity contribution is 5.86. The van der Waals surface area contributed by atoms with Gasteiger partial charge in [-0.25, -0.2) is 9.36 Å². The summed E-state index contributed by atoms with van der Waals surface area (Å²) in [7, 11) is 1.63. The summed E-state index contributed by atoms with van der Waals surface area (Å²) in [6.45, 7) is 4.52. The Labute approximate surface area is 183 Å². The number of methoxy groups -OCH3 is 1. The van der Waals surface area contributed by atoms with E-state index < -0.39 is 17.3 Å². The predicted molar refractivity (Wildman–Crippen MR) is 121 cm³/mol. The zero-order valence-electron chi connectivity index (χ0n) is 18.2. The van der Waals surface area contributed by atoms with E-state index in [2.05, 4.69) is 9.97 Å². The molecule has 1 aliphatic rings. The number of fused-ring (bicyclic) bond motifs is 3. The van der Waals surface area contributed by atoms with Gasteiger partial charge < -0.3 is 20.1 Å². The van der Waals surface area contributed by atoms with Crippen molar-refractivity contribution in [3.05, 3.63) is 85.2 Å². The molecule has 0 bridgehead atoms. The molecule has 4 aromatic rings. The highest BCUT2D eigenvalue weighted by Gasteiger charge is 2.34. The molecule has 3 heterocycles. The Bertz CT molecular complexity index is 1480. The van der Waals surface area contributed by atoms with E-state index in [1.54, 1.807) is 7.11 Å². The number of hydrogen-bond donors (Lipinski definition) is 4. The summed E-state index contributed by atoms with van der Waals surface area (Å²) < 4.78 is 6.56. The molecule has 1 aliphatic heterocycles. The minimum absolute atomic E-state index is 0.157. The van der Waals surface area contributed by atoms with Gasteiger partial charge in [-0.05, 0) is 54.8 Å². The molecule has 2 aromatic heterocycles. The molecule has 0 radical (unpaired) electrons. The quantitative estimate of drug-likeness (QED) is 0.392. The number of H-pyrrole nitrogens is 2. The summed E-state index contributed by atoms with van der Waals surface area (Å²) in [5, 5.41) is 14.3. The number of aromatic hydroxyl groups is 1. The Morgan fingerprint density at radius 1 is 1.12 bits per heavy atom. The number of aryl methyl sites for hydroxylation is 2. The van der Waals surface area contributed by atoms with Gasteiger partial charge in [-0.15, -0.1) is 0 Å². The molecule has 0 saturated heterocycles. The fraction of sp³-hybridized carbons (Fsp3) is 0.250. The van der Waals surface area contributed by atoms with Crippen molar-refractivity contribution in [1.82, 2.24) is 14.5 Å². The lowest BCUT2D eigenvalue weighted by atomic mass is 9.95. The number of nitrogens with one attached hydrogen (secondary N) is 2. The average molecular weight is 433 g/mol. The molecular weight excluding hydrogens is 408 g/mol. The van der Waals surface area contributed by atoms with Gasteiger partial charge in [0.25, 0.3) is 5.56 Å². The Balaban J connectivity index is 1.75. The number of aromatic nitrogens is 3. The summed E-state index contributed by atoms with van der Waals surface area (Å²) in [4.78, 5) is 31.5. The first-order valence-electron chi connectivity index (χ1n) is 10.6. The second-order valence-electron chi connectivity index (χ2n) is 8.30. The highest BCUT2D eigenvalue weighted by Crippen LogP contribution is 2.34. The number of nitrogens with zero attached hydrogens (tertiary/aromatic N) is 1. The molecule has 5 rings (SSSR count). The van der Waals surface area contributed by atoms with Crippen LogP contribution in [0.15, 0.2) is 46.0 Å². The van der Waals surface area contributed by atoms with Crippen molar-refractivity contribution in [1.29, 1.82) is 0 Å². The van der Waals surface area contributed by atoms with E-state index >= 15 is 0 Å². The number of nitrogens with two attached hydrogens (primary N) is 1. The van der Waals surface area contributed by atoms with Crippen molar-refractivity contribution in [2.75, 3.05) is 13.7 Å². The van der Waals surface area contributed by atoms with Gasteiger partial charge in [0.1, 0.15) is 11.3 Å². The van der Waals surface area contributed by atoms with Crippen molar-refractivity contribution >= 4 is 10.9 Å². The van der Waals surface area contributed by atoms with E-state index in [1.165, 1.54) is 4.57 Å². The molecule has 0 amide bonds. The molecule has 1 atom stereocenters. The Morgan fingerprint density at radius 2 is 1.94 bits per heavy atom. The van der Waals surface area contributed by atoms with Crippen molar-refractivity contribution in [2.45, 2.75) is 26.3 Å². The van der Waals surface area contributed by atoms with E-state index in [1.807, 2.05) is 55.6 Å². The smallest absolute Gasteiger partial charge is 0.335 e. The largest absolute Gasteiger partial charge is 0.497 e. The fourth-order valence-corrected chi connectivity index (χ4v) is 4.69. The molecule has 0 spiro atoms. The van der Waals surface area contributed by atoms with Gasteiger partial charge in [-0.3, -0.25) is 9.78 Å². The maximum absolute atomic E-state index is 12.9. The van der Waals surface area contributed by atoms with Gasteiger partial charge >= 0.3 is 5.69 Å². The van der Waals surface area contributed by atoms with Gasteiger partial charge in [0.15, 0.2) is 6.04 Å². The molecule has 0 aliphatic carbocycles. The van der Waals surface area contributed by atoms with Crippen LogP contribution in [-0.2, 0) is 6.42 Å². The maximum Gasteiger partial charge on any atom is 0.335 e. The average Bonchev–Trinajstić information content (AvgIpc) is 3.14. The Morgan fingerprint density at radius 3 is 2.72 bits per heavy atom. The minimum atomic E-state index is -0.664. The molecular formula is C24H25N4O4+. The van der Waals surface area contributed by atoms with E-state index in [0.717, 1.165) is 52.0 Å². The zero-order valence-corrected chi connectivity index (χ0v) is 18.2. The molecule has 32 heavy (non-hydrogen) atoms. The van der Waals surface area contributed by atoms with Crippen LogP contribution in [-0.4, -0.2) is 33.3 Å². The van der Waals surface area contributed by atoms with Crippen molar-refractivity contribution in [3.8, 4) is 17.3 Å². The van der Waals surface area contributed by atoms with E-state index in [0.29, 0.717) is 5.69 Å². The van der Waals surface area contributed by atoms with E-state index in [-0.39, 0.29) is 11.4 Å². The molecule has 0 saturated carbocycles. The topological polar surface area (TPSA) is 117 Å². The molecule has 8 nitrogen and oxygen atoms in total. The molecule has 0 fully saturated rings. The second kappa shape index (κ2) is 7.42. The number of quaternary nitrogens is 1. The summed E-state index contributed by atoms with van der Waals surface area (Å²) >= 11 is 0. The van der Waals surface area contributed by atoms with Crippen LogP contribution in [0.1, 0.15) is 34.0 Å². The number of rotatable bonds is 3. The second-order valence-corrected chi connectivity index (χ2v) is 8.30. The number of ether oxygens (including phenoxy) is 1. The predicted octanol–water partition coefficient (Wildman–Crippen LogP) is 1.55. The van der Waals surface area contributed by atoms with Crippen molar-refractivity contribution < 1.29 is 15.2 Å². The first kappa shape index (κ1) is 20.1. The van der Waals surface area contributed by atoms with Crippen LogP contribution >= 0.6 is 0 Å². The molecule has 8 heteroatoms. The summed E-state index contributed by atoms with van der Waals surface area (Å²) in [5.74, 6) is 0.423. The number of hydrogen-bond acceptors (Lipinski definition) is 4. The third-order valence-corrected chi connectivity index (χ3v) is 6.29. The molecule has 5 N–H and O–H groups in total. The summed E-state index contributed by atoms with van der Waals surface area (Å²) in [5.41, 5.74) is 4.10. The standard InChI is InChI=1S/C24H24N4O4/c1-12-4-5-13(2)18(10-12)28-23(30)19(22(29)27-24(28)31)21-20-15(8-9-25-21)16-11-14(32-3)6-7-17(16)26-20/h4-7,10-11,21,25-26,30H,8-9H2,1-3H3,(H,27,29,31)/p+1/t21-/m1/s1. The first-order valence-corrected chi connectivity index (χ1v) is 10.6. The maximum atomic E-state index is 12.9. The Hall–Kier alpha value is -3.78. The van der Waals surface area contributed by atoms with Crippen LogP contribution < -0.4 is 21.3 Å². The van der Waals surface area contributed by atoms with E-state index in [9.17, 15) is 14.7 Å². The normalized spacial score (nSPS) is 15.7. The van der Waals surface area contributed by atoms with Crippen LogP contribution in [0.2, 0.25) is 0 Å². The van der Waals surface area contributed by atoms with Gasteiger partial charge in [0, 0.05) is 17.3 Å². The fourth-order valence-electron chi connectivity index (χ4n) is 4.69. The van der Waals surface area contributed by atoms with Crippen LogP contribution in [0.5, 0.6) is 11.6 Å². The van der Waals surface area contributed by atoms with E-state index in [4.69, 9.17) is 4.74 Å². The lowest BCUT2D eigenvalue weighted by Crippen LogP contribution is -2.87. The van der Waals surface area contributed by atoms with Crippen LogP contribution in [0, 0.1) is 13.8 Å². The lowest BCUT2D eigenvalue weighted by Gasteiger charge is -2.22. The number of aromatic amines is 2. The zero-order chi connectivity index (χ0) is 22.6. The molecule has 164 valence electrons. The van der Waals surface area contributed by atoms with Crippen LogP contribution in [0.25, 0.3) is 16.6 Å². The third-order valence-electron chi connectivity index (χ3n) is 6.29. The first-order chi connectivity index (χ1) is 15.4. The van der Waals surface area contributed by atoms with Gasteiger partial charge in [-0.2, -0.15) is 0 Å². The molecule has 0 unspecified atom stereocenters. The minimum Gasteiger partial charge on any atom is -0.497 e. The summed E-state index contributed by atoms with van der Waals surface area (Å²) in [6, 6.07) is 11.0. The van der Waals surface area contributed by atoms with Gasteiger partial charge in [0.2, 0.25) is 5.88 Å². The van der Waals surface area contributed by atoms with Crippen molar-refractivity contribution in [3.63, 3.8) is 0 Å². The third kappa shape index (κ3) is 3.03. The van der Waals surface area contributed by atoms with Crippen LogP contribution in [0.3, 0.4) is 0 Å². The lowest BCUT2D eigenvalue weighted by molar-refractivity contribution is -0.690. The Kier molecular flexibility index (Phi) is 4.67. The highest BCUT2D eigenvalue weighted by atomic mass is 16.5. The number of benzene rings is 2. The van der Waals surface area contributed by atoms with Crippen molar-refractivity contribution in [2.24, 2.45) is 0 Å². The van der Waals surface area contributed by atoms with Gasteiger partial charge in [0.05, 0.1) is 25.0 Å². The van der Waals surface area contributed by atoms with Gasteiger partial charge in [-0.1, -0.05) is 12.1 Å². The summed E-state index contributed by atoms with van der Waals surface area (Å²) in [6.07, 6.45) is 0.814. The van der Waals surface area contributed by atoms with Crippen LogP contribution in [0.4, 0.5) is 0 Å². The SMILES string of the molecule is COc1ccc2[nH]c3c(c2c1)CC[NH2+][C@@H]3c1c(O)n(-c2cc(C)ccc2C)c(=O)[nH]c1=O. The molecule has 2 aromatic carbocycles. The monoisotopic (exact) mass is 433 g/mol.